The van der Waals surface area contributed by atoms with E-state index in [1.54, 1.807) is 0 Å². The van der Waals surface area contributed by atoms with Crippen molar-refractivity contribution in [1.29, 1.82) is 0 Å². The number of fused-ring (bicyclic) bond motifs is 3. The fraction of sp³-hybridized carbons (Fsp3) is 0.125. The quantitative estimate of drug-likeness (QED) is 0.467. The minimum absolute atomic E-state index is 0.370. The number of hydrogen-bond acceptors (Lipinski definition) is 0. The van der Waals surface area contributed by atoms with Gasteiger partial charge in [-0.1, -0.05) is 115 Å². The number of rotatable bonds is 2. The molecule has 6 aliphatic carbocycles. The van der Waals surface area contributed by atoms with Gasteiger partial charge >= 0.3 is 0 Å². The summed E-state index contributed by atoms with van der Waals surface area (Å²) in [6.07, 6.45) is 30.8. The molecule has 0 N–H and O–H groups in total. The second-order valence-corrected chi connectivity index (χ2v) is 8.79. The molecule has 0 aromatic carbocycles. The van der Waals surface area contributed by atoms with Crippen LogP contribution >= 0.6 is 0 Å². The van der Waals surface area contributed by atoms with Crippen LogP contribution in [0.3, 0.4) is 0 Å². The SMILES string of the molecule is C1=CC=C2C(=CC=CC(c3ccc4cccccc3-4)=C2C2C=C3CCC=CC3=CC2)C=C1. The monoisotopic (exact) mass is 410 g/mol. The standard InChI is InChI=1S/C32H26/c1-4-12-25-20-21-30(28(25)15-5-1)31-17-9-14-24-11-3-2-6-16-29(24)32(31)27-19-18-23-10-7-8-13-26(23)22-27/h1-7,9-12,14-18,20-22,27H,8,13,19H2. The molecular formula is C32H26. The lowest BCUT2D eigenvalue weighted by Gasteiger charge is -2.28. The predicted molar refractivity (Wildman–Crippen MR) is 136 cm³/mol. The van der Waals surface area contributed by atoms with Gasteiger partial charge in [-0.25, -0.2) is 0 Å². The molecule has 6 aliphatic rings. The third-order valence-electron chi connectivity index (χ3n) is 6.89. The fourth-order valence-electron chi connectivity index (χ4n) is 5.36. The molecule has 0 radical (unpaired) electrons. The maximum atomic E-state index is 2.55. The summed E-state index contributed by atoms with van der Waals surface area (Å²) in [5.41, 5.74) is 12.3. The molecule has 0 spiro atoms. The van der Waals surface area contributed by atoms with Gasteiger partial charge in [0, 0.05) is 5.92 Å². The molecule has 0 fully saturated rings. The van der Waals surface area contributed by atoms with Crippen LogP contribution in [0, 0.1) is 5.92 Å². The molecular weight excluding hydrogens is 384 g/mol. The molecule has 0 aliphatic heterocycles. The van der Waals surface area contributed by atoms with Crippen LogP contribution in [0.2, 0.25) is 0 Å². The Hall–Kier alpha value is -3.64. The minimum atomic E-state index is 0.370. The molecule has 0 heterocycles. The van der Waals surface area contributed by atoms with E-state index in [2.05, 4.69) is 115 Å². The number of hydrogen-bond donors (Lipinski definition) is 0. The van der Waals surface area contributed by atoms with Gasteiger partial charge in [0.1, 0.15) is 0 Å². The third-order valence-corrected chi connectivity index (χ3v) is 6.89. The van der Waals surface area contributed by atoms with Crippen LogP contribution in [0.1, 0.15) is 24.8 Å². The van der Waals surface area contributed by atoms with Crippen molar-refractivity contribution in [2.75, 3.05) is 0 Å². The molecule has 1 atom stereocenters. The normalized spacial score (nSPS) is 21.8. The van der Waals surface area contributed by atoms with Gasteiger partial charge < -0.3 is 0 Å². The Labute approximate surface area is 190 Å². The Morgan fingerprint density at radius 2 is 1.69 bits per heavy atom. The molecule has 6 rings (SSSR count). The van der Waals surface area contributed by atoms with Crippen LogP contribution in [0.5, 0.6) is 0 Å². The third kappa shape index (κ3) is 3.33. The van der Waals surface area contributed by atoms with E-state index in [4.69, 9.17) is 0 Å². The van der Waals surface area contributed by atoms with Crippen molar-refractivity contribution in [2.45, 2.75) is 19.3 Å². The lowest BCUT2D eigenvalue weighted by Crippen LogP contribution is -2.12. The van der Waals surface area contributed by atoms with Crippen LogP contribution < -0.4 is 0 Å². The maximum Gasteiger partial charge on any atom is 0.00711 e. The van der Waals surface area contributed by atoms with Crippen molar-refractivity contribution in [2.24, 2.45) is 5.92 Å². The lowest BCUT2D eigenvalue weighted by atomic mass is 9.76. The van der Waals surface area contributed by atoms with Gasteiger partial charge in [-0.3, -0.25) is 0 Å². The summed E-state index contributed by atoms with van der Waals surface area (Å²) in [7, 11) is 0. The fourth-order valence-corrected chi connectivity index (χ4v) is 5.36. The highest BCUT2D eigenvalue weighted by molar-refractivity contribution is 5.92. The van der Waals surface area contributed by atoms with E-state index in [-0.39, 0.29) is 0 Å². The van der Waals surface area contributed by atoms with E-state index in [1.165, 1.54) is 50.1 Å². The van der Waals surface area contributed by atoms with Gasteiger partial charge in [0.2, 0.25) is 0 Å². The van der Waals surface area contributed by atoms with Crippen LogP contribution in [0.4, 0.5) is 0 Å². The first kappa shape index (κ1) is 19.1. The highest BCUT2D eigenvalue weighted by Crippen LogP contribution is 2.45. The zero-order valence-electron chi connectivity index (χ0n) is 18.2. The van der Waals surface area contributed by atoms with E-state index in [9.17, 15) is 0 Å². The molecule has 0 bridgehead atoms. The topological polar surface area (TPSA) is 0 Å². The lowest BCUT2D eigenvalue weighted by molar-refractivity contribution is 0.750. The minimum Gasteiger partial charge on any atom is -0.0836 e. The summed E-state index contributed by atoms with van der Waals surface area (Å²) in [5, 5.41) is 0. The van der Waals surface area contributed by atoms with E-state index in [1.807, 2.05) is 0 Å². The average Bonchev–Trinajstić information content (AvgIpc) is 3.03. The first-order chi connectivity index (χ1) is 15.9. The number of allylic oxidation sites excluding steroid dienone is 18. The highest BCUT2D eigenvalue weighted by Gasteiger charge is 2.27. The second kappa shape index (κ2) is 8.13. The summed E-state index contributed by atoms with van der Waals surface area (Å²) in [4.78, 5) is 0. The molecule has 154 valence electrons. The highest BCUT2D eigenvalue weighted by atomic mass is 14.3. The molecule has 32 heavy (non-hydrogen) atoms. The van der Waals surface area contributed by atoms with Crippen LogP contribution in [-0.2, 0) is 0 Å². The summed E-state index contributed by atoms with van der Waals surface area (Å²) in [6, 6.07) is 15.4. The Balaban J connectivity index is 1.58. The summed E-state index contributed by atoms with van der Waals surface area (Å²) in [6.45, 7) is 0. The Morgan fingerprint density at radius 1 is 0.719 bits per heavy atom. The van der Waals surface area contributed by atoms with E-state index in [0.29, 0.717) is 5.92 Å². The molecule has 0 heteroatoms. The van der Waals surface area contributed by atoms with Gasteiger partial charge in [-0.05, 0) is 69.4 Å². The summed E-state index contributed by atoms with van der Waals surface area (Å²) >= 11 is 0. The predicted octanol–water partition coefficient (Wildman–Crippen LogP) is 8.32. The Bertz CT molecular complexity index is 1320. The van der Waals surface area contributed by atoms with Crippen molar-refractivity contribution in [3.05, 3.63) is 149 Å². The first-order valence-corrected chi connectivity index (χ1v) is 11.6. The van der Waals surface area contributed by atoms with Gasteiger partial charge in [-0.2, -0.15) is 0 Å². The van der Waals surface area contributed by atoms with Crippen molar-refractivity contribution >= 4 is 5.57 Å². The van der Waals surface area contributed by atoms with Crippen molar-refractivity contribution in [3.8, 4) is 11.1 Å². The van der Waals surface area contributed by atoms with Crippen LogP contribution in [-0.4, -0.2) is 0 Å². The smallest absolute Gasteiger partial charge is 0.00711 e. The van der Waals surface area contributed by atoms with Crippen molar-refractivity contribution in [1.82, 2.24) is 0 Å². The van der Waals surface area contributed by atoms with Crippen molar-refractivity contribution in [3.63, 3.8) is 0 Å². The Kier molecular flexibility index (Phi) is 4.85. The first-order valence-electron chi connectivity index (χ1n) is 11.6. The molecule has 0 nitrogen and oxygen atoms in total. The zero-order chi connectivity index (χ0) is 21.3. The Morgan fingerprint density at radius 3 is 2.69 bits per heavy atom. The molecule has 0 aromatic rings. The molecule has 1 unspecified atom stereocenters. The largest absolute Gasteiger partial charge is 0.0836 e. The van der Waals surface area contributed by atoms with E-state index in [0.717, 1.165) is 19.3 Å². The average molecular weight is 411 g/mol. The molecule has 0 saturated heterocycles. The van der Waals surface area contributed by atoms with E-state index < -0.39 is 0 Å². The van der Waals surface area contributed by atoms with E-state index >= 15 is 0 Å². The van der Waals surface area contributed by atoms with Gasteiger partial charge in [0.25, 0.3) is 0 Å². The van der Waals surface area contributed by atoms with Gasteiger partial charge in [-0.15, -0.1) is 0 Å². The summed E-state index contributed by atoms with van der Waals surface area (Å²) < 4.78 is 0. The maximum absolute atomic E-state index is 2.55. The molecule has 0 amide bonds. The second-order valence-electron chi connectivity index (χ2n) is 8.79. The molecule has 0 saturated carbocycles. The summed E-state index contributed by atoms with van der Waals surface area (Å²) in [5.74, 6) is 0.370. The molecule has 0 aromatic heterocycles. The van der Waals surface area contributed by atoms with Crippen molar-refractivity contribution < 1.29 is 0 Å². The van der Waals surface area contributed by atoms with Crippen LogP contribution in [0.15, 0.2) is 143 Å². The van der Waals surface area contributed by atoms with Gasteiger partial charge in [0.05, 0.1) is 0 Å². The van der Waals surface area contributed by atoms with Crippen LogP contribution in [0.25, 0.3) is 16.7 Å². The zero-order valence-corrected chi connectivity index (χ0v) is 18.2. The van der Waals surface area contributed by atoms with Gasteiger partial charge in [0.15, 0.2) is 0 Å².